The Labute approximate surface area is 190 Å². The highest BCUT2D eigenvalue weighted by molar-refractivity contribution is 5.85. The number of hydrogen-bond donors (Lipinski definition) is 1. The second-order valence-corrected chi connectivity index (χ2v) is 8.53. The number of fused-ring (bicyclic) bond motifs is 1. The van der Waals surface area contributed by atoms with Gasteiger partial charge in [-0.05, 0) is 49.8 Å². The van der Waals surface area contributed by atoms with Gasteiger partial charge in [0.25, 0.3) is 0 Å². The highest BCUT2D eigenvalue weighted by Gasteiger charge is 2.36. The Kier molecular flexibility index (Phi) is 7.43. The Morgan fingerprint density at radius 1 is 1.00 bits per heavy atom. The third-order valence-corrected chi connectivity index (χ3v) is 6.38. The number of hydrogen-bond acceptors (Lipinski definition) is 4. The molecule has 32 heavy (non-hydrogen) atoms. The van der Waals surface area contributed by atoms with E-state index in [0.29, 0.717) is 19.7 Å². The lowest BCUT2D eigenvalue weighted by Gasteiger charge is -2.39. The Bertz CT molecular complexity index is 939. The van der Waals surface area contributed by atoms with Crippen LogP contribution in [0, 0.1) is 0 Å². The second-order valence-electron chi connectivity index (χ2n) is 8.53. The minimum atomic E-state index is -0.389. The lowest BCUT2D eigenvalue weighted by atomic mass is 9.91. The van der Waals surface area contributed by atoms with E-state index in [2.05, 4.69) is 11.4 Å². The number of carbonyl (C=O) groups excluding carboxylic acids is 2. The average Bonchev–Trinajstić information content (AvgIpc) is 2.84. The molecule has 1 atom stereocenters. The van der Waals surface area contributed by atoms with Gasteiger partial charge in [0, 0.05) is 31.7 Å². The largest absolute Gasteiger partial charge is 0.494 e. The Balaban J connectivity index is 1.46. The first-order valence-corrected chi connectivity index (χ1v) is 11.8. The molecule has 2 aromatic carbocycles. The van der Waals surface area contributed by atoms with E-state index in [-0.39, 0.29) is 24.4 Å². The zero-order valence-corrected chi connectivity index (χ0v) is 18.9. The summed E-state index contributed by atoms with van der Waals surface area (Å²) in [7, 11) is 0. The van der Waals surface area contributed by atoms with Crippen LogP contribution in [0.1, 0.15) is 48.9 Å². The molecule has 2 aromatic rings. The Morgan fingerprint density at radius 3 is 2.56 bits per heavy atom. The van der Waals surface area contributed by atoms with E-state index in [4.69, 9.17) is 4.74 Å². The predicted molar refractivity (Wildman–Crippen MR) is 124 cm³/mol. The van der Waals surface area contributed by atoms with Crippen molar-refractivity contribution < 1.29 is 14.3 Å². The summed E-state index contributed by atoms with van der Waals surface area (Å²) >= 11 is 0. The number of amides is 2. The van der Waals surface area contributed by atoms with Crippen LogP contribution in [0.2, 0.25) is 0 Å². The van der Waals surface area contributed by atoms with Crippen LogP contribution in [-0.2, 0) is 22.6 Å². The van der Waals surface area contributed by atoms with Gasteiger partial charge in [0.15, 0.2) is 0 Å². The smallest absolute Gasteiger partial charge is 0.244 e. The predicted octanol–water partition coefficient (Wildman–Crippen LogP) is 3.31. The molecule has 4 rings (SSSR count). The molecule has 1 saturated heterocycles. The van der Waals surface area contributed by atoms with Crippen molar-refractivity contribution >= 4 is 11.8 Å². The van der Waals surface area contributed by atoms with E-state index in [1.807, 2.05) is 59.2 Å². The number of piperidine rings is 1. The molecule has 2 aliphatic rings. The molecule has 2 heterocycles. The monoisotopic (exact) mass is 435 g/mol. The Morgan fingerprint density at radius 2 is 1.75 bits per heavy atom. The van der Waals surface area contributed by atoms with Gasteiger partial charge in [-0.1, -0.05) is 42.5 Å². The summed E-state index contributed by atoms with van der Waals surface area (Å²) in [5.41, 5.74) is 3.21. The summed E-state index contributed by atoms with van der Waals surface area (Å²) in [6.07, 6.45) is 4.14. The first-order chi connectivity index (χ1) is 15.7. The first-order valence-electron chi connectivity index (χ1n) is 11.8. The molecule has 6 heteroatoms. The molecule has 0 aromatic heterocycles. The van der Waals surface area contributed by atoms with Gasteiger partial charge in [-0.25, -0.2) is 0 Å². The summed E-state index contributed by atoms with van der Waals surface area (Å²) in [5, 5.41) is 3.02. The first kappa shape index (κ1) is 22.3. The van der Waals surface area contributed by atoms with Crippen molar-refractivity contribution in [3.8, 4) is 5.75 Å². The summed E-state index contributed by atoms with van der Waals surface area (Å²) in [6, 6.07) is 15.5. The highest BCUT2D eigenvalue weighted by Crippen LogP contribution is 2.32. The van der Waals surface area contributed by atoms with Crippen molar-refractivity contribution in [2.24, 2.45) is 0 Å². The van der Waals surface area contributed by atoms with Crippen molar-refractivity contribution in [1.29, 1.82) is 0 Å². The molecule has 2 aliphatic heterocycles. The second kappa shape index (κ2) is 10.6. The van der Waals surface area contributed by atoms with E-state index in [9.17, 15) is 9.59 Å². The molecule has 0 unspecified atom stereocenters. The zero-order chi connectivity index (χ0) is 22.3. The molecule has 0 radical (unpaired) electrons. The summed E-state index contributed by atoms with van der Waals surface area (Å²) in [6.45, 7) is 5.46. The summed E-state index contributed by atoms with van der Waals surface area (Å²) in [5.74, 6) is 0.846. The van der Waals surface area contributed by atoms with Gasteiger partial charge >= 0.3 is 0 Å². The average molecular weight is 436 g/mol. The SMILES string of the molecule is CCOc1ccccc1CNC(=O)CN1CCc2ccccc2[C@H]1C(=O)N1CCCCC1. The molecular formula is C26H33N3O3. The molecule has 170 valence electrons. The van der Waals surface area contributed by atoms with Crippen molar-refractivity contribution in [3.05, 3.63) is 65.2 Å². The van der Waals surface area contributed by atoms with E-state index in [1.54, 1.807) is 0 Å². The maximum absolute atomic E-state index is 13.5. The fraction of sp³-hybridized carbons (Fsp3) is 0.462. The van der Waals surface area contributed by atoms with Crippen LogP contribution in [0.5, 0.6) is 5.75 Å². The maximum atomic E-state index is 13.5. The third kappa shape index (κ3) is 5.13. The summed E-state index contributed by atoms with van der Waals surface area (Å²) < 4.78 is 5.66. The van der Waals surface area contributed by atoms with Crippen molar-refractivity contribution in [1.82, 2.24) is 15.1 Å². The van der Waals surface area contributed by atoms with Crippen LogP contribution in [0.3, 0.4) is 0 Å². The van der Waals surface area contributed by atoms with Gasteiger partial charge in [-0.15, -0.1) is 0 Å². The lowest BCUT2D eigenvalue weighted by Crippen LogP contribution is -2.50. The van der Waals surface area contributed by atoms with Gasteiger partial charge in [-0.3, -0.25) is 14.5 Å². The normalized spacial score (nSPS) is 18.7. The number of nitrogens with one attached hydrogen (secondary N) is 1. The van der Waals surface area contributed by atoms with Crippen molar-refractivity contribution in [3.63, 3.8) is 0 Å². The minimum Gasteiger partial charge on any atom is -0.494 e. The van der Waals surface area contributed by atoms with Gasteiger partial charge in [-0.2, -0.15) is 0 Å². The molecule has 1 fully saturated rings. The molecule has 6 nitrogen and oxygen atoms in total. The number of likely N-dealkylation sites (tertiary alicyclic amines) is 1. The fourth-order valence-electron chi connectivity index (χ4n) is 4.75. The van der Waals surface area contributed by atoms with E-state index < -0.39 is 0 Å². The van der Waals surface area contributed by atoms with E-state index >= 15 is 0 Å². The van der Waals surface area contributed by atoms with Crippen LogP contribution >= 0.6 is 0 Å². The number of para-hydroxylation sites is 1. The molecule has 0 aliphatic carbocycles. The molecule has 0 bridgehead atoms. The van der Waals surface area contributed by atoms with Crippen LogP contribution in [0.25, 0.3) is 0 Å². The summed E-state index contributed by atoms with van der Waals surface area (Å²) in [4.78, 5) is 30.5. The van der Waals surface area contributed by atoms with Gasteiger partial charge in [0.2, 0.25) is 11.8 Å². The third-order valence-electron chi connectivity index (χ3n) is 6.38. The number of benzene rings is 2. The van der Waals surface area contributed by atoms with Gasteiger partial charge in [0.05, 0.1) is 13.2 Å². The van der Waals surface area contributed by atoms with Crippen LogP contribution < -0.4 is 10.1 Å². The number of carbonyl (C=O) groups is 2. The lowest BCUT2D eigenvalue weighted by molar-refractivity contribution is -0.139. The van der Waals surface area contributed by atoms with Crippen molar-refractivity contribution in [2.75, 3.05) is 32.8 Å². The van der Waals surface area contributed by atoms with E-state index in [0.717, 1.165) is 49.2 Å². The zero-order valence-electron chi connectivity index (χ0n) is 18.9. The fourth-order valence-corrected chi connectivity index (χ4v) is 4.75. The van der Waals surface area contributed by atoms with Gasteiger partial charge < -0.3 is 15.0 Å². The number of nitrogens with zero attached hydrogens (tertiary/aromatic N) is 2. The van der Waals surface area contributed by atoms with Crippen LogP contribution in [-0.4, -0.2) is 54.4 Å². The molecule has 0 spiro atoms. The number of ether oxygens (including phenoxy) is 1. The van der Waals surface area contributed by atoms with Gasteiger partial charge in [0.1, 0.15) is 11.8 Å². The highest BCUT2D eigenvalue weighted by atomic mass is 16.5. The number of rotatable bonds is 7. The van der Waals surface area contributed by atoms with Crippen LogP contribution in [0.4, 0.5) is 0 Å². The maximum Gasteiger partial charge on any atom is 0.244 e. The molecular weight excluding hydrogens is 402 g/mol. The van der Waals surface area contributed by atoms with Crippen LogP contribution in [0.15, 0.2) is 48.5 Å². The quantitative estimate of drug-likeness (QED) is 0.725. The molecule has 0 saturated carbocycles. The minimum absolute atomic E-state index is 0.0767. The standard InChI is InChI=1S/C26H33N3O3/c1-2-32-23-13-7-5-11-21(23)18-27-24(30)19-29-17-14-20-10-4-6-12-22(20)25(29)26(31)28-15-8-3-9-16-28/h4-7,10-13,25H,2-3,8-9,14-19H2,1H3,(H,27,30)/t25-/m0/s1. The molecule has 2 amide bonds. The Hall–Kier alpha value is -2.86. The van der Waals surface area contributed by atoms with E-state index in [1.165, 1.54) is 12.0 Å². The van der Waals surface area contributed by atoms with Crippen molar-refractivity contribution in [2.45, 2.75) is 45.2 Å². The topological polar surface area (TPSA) is 61.9 Å². The molecule has 1 N–H and O–H groups in total.